The van der Waals surface area contributed by atoms with Crippen LogP contribution < -0.4 is 4.74 Å². The molecule has 3 aromatic rings. The van der Waals surface area contributed by atoms with Gasteiger partial charge in [-0.15, -0.1) is 13.2 Å². The fraction of sp³-hybridized carbons (Fsp3) is 0.231. The Labute approximate surface area is 134 Å². The molecule has 0 saturated carbocycles. The van der Waals surface area contributed by atoms with Gasteiger partial charge < -0.3 is 9.72 Å². The van der Waals surface area contributed by atoms with Gasteiger partial charge in [-0.2, -0.15) is 5.10 Å². The van der Waals surface area contributed by atoms with E-state index in [1.54, 1.807) is 12.3 Å². The summed E-state index contributed by atoms with van der Waals surface area (Å²) in [5.41, 5.74) is 0.372. The third kappa shape index (κ3) is 3.07. The van der Waals surface area contributed by atoms with Gasteiger partial charge in [-0.1, -0.05) is 6.92 Å². The number of alkyl halides is 3. The SMILES string of the molecule is CCS(=O)(=O)c1cc2[nH]c(-n3cccn3)nc2cc1OC(F)(F)F. The number of aromatic nitrogens is 4. The van der Waals surface area contributed by atoms with Crippen molar-refractivity contribution in [3.8, 4) is 11.7 Å². The highest BCUT2D eigenvalue weighted by Crippen LogP contribution is 2.33. The molecule has 0 atom stereocenters. The smallest absolute Gasteiger partial charge is 0.404 e. The number of aromatic amines is 1. The van der Waals surface area contributed by atoms with Crippen LogP contribution in [0.15, 0.2) is 35.5 Å². The van der Waals surface area contributed by atoms with Crippen LogP contribution in [-0.2, 0) is 9.84 Å². The predicted octanol–water partition coefficient (Wildman–Crippen LogP) is 2.44. The number of sulfone groups is 1. The van der Waals surface area contributed by atoms with Crippen LogP contribution in [0.3, 0.4) is 0 Å². The zero-order chi connectivity index (χ0) is 17.5. The molecule has 2 heterocycles. The number of nitrogens with zero attached hydrogens (tertiary/aromatic N) is 3. The van der Waals surface area contributed by atoms with E-state index in [1.807, 2.05) is 0 Å². The van der Waals surface area contributed by atoms with Crippen molar-refractivity contribution in [2.45, 2.75) is 18.2 Å². The van der Waals surface area contributed by atoms with E-state index in [4.69, 9.17) is 0 Å². The van der Waals surface area contributed by atoms with Crippen LogP contribution >= 0.6 is 0 Å². The molecule has 0 unspecified atom stereocenters. The first-order chi connectivity index (χ1) is 11.2. The fourth-order valence-electron chi connectivity index (χ4n) is 2.11. The molecule has 11 heteroatoms. The Hall–Kier alpha value is -2.56. The monoisotopic (exact) mass is 360 g/mol. The molecule has 0 aliphatic carbocycles. The summed E-state index contributed by atoms with van der Waals surface area (Å²) in [5, 5.41) is 3.94. The molecule has 0 amide bonds. The van der Waals surface area contributed by atoms with Gasteiger partial charge in [-0.05, 0) is 12.1 Å². The molecule has 0 saturated heterocycles. The van der Waals surface area contributed by atoms with Crippen LogP contribution in [0.2, 0.25) is 0 Å². The highest BCUT2D eigenvalue weighted by molar-refractivity contribution is 7.91. The molecule has 2 aromatic heterocycles. The van der Waals surface area contributed by atoms with Gasteiger partial charge in [0.2, 0.25) is 5.95 Å². The minimum absolute atomic E-state index is 0.120. The van der Waals surface area contributed by atoms with Crippen molar-refractivity contribution in [3.05, 3.63) is 30.6 Å². The molecule has 7 nitrogen and oxygen atoms in total. The van der Waals surface area contributed by atoms with Crippen molar-refractivity contribution in [2.75, 3.05) is 5.75 Å². The Balaban J connectivity index is 2.21. The van der Waals surface area contributed by atoms with Crippen molar-refractivity contribution >= 4 is 20.9 Å². The van der Waals surface area contributed by atoms with Gasteiger partial charge in [0.15, 0.2) is 9.84 Å². The second kappa shape index (κ2) is 5.51. The van der Waals surface area contributed by atoms with Gasteiger partial charge in [0.1, 0.15) is 10.6 Å². The van der Waals surface area contributed by atoms with E-state index in [-0.39, 0.29) is 22.7 Å². The number of hydrogen-bond donors (Lipinski definition) is 1. The number of hydrogen-bond acceptors (Lipinski definition) is 5. The average Bonchev–Trinajstić information content (AvgIpc) is 3.13. The lowest BCUT2D eigenvalue weighted by atomic mass is 10.3. The summed E-state index contributed by atoms with van der Waals surface area (Å²) in [6, 6.07) is 3.66. The van der Waals surface area contributed by atoms with E-state index in [0.29, 0.717) is 0 Å². The third-order valence-corrected chi connectivity index (χ3v) is 4.95. The summed E-state index contributed by atoms with van der Waals surface area (Å²) in [6.07, 6.45) is -1.94. The Morgan fingerprint density at radius 3 is 2.67 bits per heavy atom. The molecule has 0 radical (unpaired) electrons. The summed E-state index contributed by atoms with van der Waals surface area (Å²) in [4.78, 5) is 6.36. The number of nitrogens with one attached hydrogen (secondary N) is 1. The number of rotatable bonds is 4. The molecule has 0 aliphatic heterocycles. The number of imidazole rings is 1. The summed E-state index contributed by atoms with van der Waals surface area (Å²) in [7, 11) is -3.93. The Morgan fingerprint density at radius 1 is 1.33 bits per heavy atom. The first-order valence-electron chi connectivity index (χ1n) is 6.72. The van der Waals surface area contributed by atoms with E-state index in [9.17, 15) is 21.6 Å². The van der Waals surface area contributed by atoms with E-state index < -0.39 is 26.8 Å². The number of ether oxygens (including phenoxy) is 1. The van der Waals surface area contributed by atoms with Crippen molar-refractivity contribution in [3.63, 3.8) is 0 Å². The summed E-state index contributed by atoms with van der Waals surface area (Å²) >= 11 is 0. The topological polar surface area (TPSA) is 89.9 Å². The van der Waals surface area contributed by atoms with Crippen LogP contribution in [0.4, 0.5) is 13.2 Å². The lowest BCUT2D eigenvalue weighted by molar-refractivity contribution is -0.275. The first-order valence-corrected chi connectivity index (χ1v) is 8.37. The Morgan fingerprint density at radius 2 is 2.08 bits per heavy atom. The largest absolute Gasteiger partial charge is 0.573 e. The van der Waals surface area contributed by atoms with Crippen molar-refractivity contribution in [1.82, 2.24) is 19.7 Å². The fourth-order valence-corrected chi connectivity index (χ4v) is 3.13. The minimum Gasteiger partial charge on any atom is -0.404 e. The zero-order valence-electron chi connectivity index (χ0n) is 12.2. The molecule has 0 aliphatic rings. The maximum atomic E-state index is 12.6. The van der Waals surface area contributed by atoms with Gasteiger partial charge in [0.05, 0.1) is 16.8 Å². The van der Waals surface area contributed by atoms with Crippen LogP contribution in [0.1, 0.15) is 6.92 Å². The molecule has 0 spiro atoms. The highest BCUT2D eigenvalue weighted by Gasteiger charge is 2.34. The van der Waals surface area contributed by atoms with Crippen molar-refractivity contribution < 1.29 is 26.3 Å². The van der Waals surface area contributed by atoms with Crippen molar-refractivity contribution in [1.29, 1.82) is 0 Å². The van der Waals surface area contributed by atoms with Gasteiger partial charge in [-0.25, -0.2) is 18.1 Å². The van der Waals surface area contributed by atoms with Gasteiger partial charge in [0, 0.05) is 18.5 Å². The Kier molecular flexibility index (Phi) is 3.74. The minimum atomic E-state index is -5.02. The standard InChI is InChI=1S/C13H11F3N4O3S/c1-2-24(21,22)11-7-9-8(6-10(11)23-13(14,15)16)18-12(19-9)20-5-3-4-17-20/h3-7H,2H2,1H3,(H,18,19). The summed E-state index contributed by atoms with van der Waals surface area (Å²) in [5.74, 6) is -0.943. The normalized spacial score (nSPS) is 12.7. The van der Waals surface area contributed by atoms with Gasteiger partial charge >= 0.3 is 6.36 Å². The lowest BCUT2D eigenvalue weighted by Crippen LogP contribution is -2.19. The van der Waals surface area contributed by atoms with E-state index in [0.717, 1.165) is 12.1 Å². The summed E-state index contributed by atoms with van der Waals surface area (Å²) < 4.78 is 67.2. The predicted molar refractivity (Wildman–Crippen MR) is 77.6 cm³/mol. The number of H-pyrrole nitrogens is 1. The second-order valence-corrected chi connectivity index (χ2v) is 7.03. The van der Waals surface area contributed by atoms with Crippen LogP contribution in [0.25, 0.3) is 17.0 Å². The van der Waals surface area contributed by atoms with E-state index in [1.165, 1.54) is 17.8 Å². The maximum absolute atomic E-state index is 12.6. The quantitative estimate of drug-likeness (QED) is 0.772. The maximum Gasteiger partial charge on any atom is 0.573 e. The van der Waals surface area contributed by atoms with E-state index in [2.05, 4.69) is 19.8 Å². The summed E-state index contributed by atoms with van der Waals surface area (Å²) in [6.45, 7) is 1.33. The molecular formula is C13H11F3N4O3S. The van der Waals surface area contributed by atoms with Crippen LogP contribution in [0, 0.1) is 0 Å². The highest BCUT2D eigenvalue weighted by atomic mass is 32.2. The average molecular weight is 360 g/mol. The number of benzene rings is 1. The molecule has 3 rings (SSSR count). The molecule has 0 fully saturated rings. The van der Waals surface area contributed by atoms with Crippen LogP contribution in [0.5, 0.6) is 5.75 Å². The second-order valence-electron chi connectivity index (χ2n) is 4.78. The number of fused-ring (bicyclic) bond motifs is 1. The van der Waals surface area contributed by atoms with Gasteiger partial charge in [0.25, 0.3) is 0 Å². The van der Waals surface area contributed by atoms with Crippen molar-refractivity contribution in [2.24, 2.45) is 0 Å². The van der Waals surface area contributed by atoms with E-state index >= 15 is 0 Å². The lowest BCUT2D eigenvalue weighted by Gasteiger charge is -2.13. The molecule has 24 heavy (non-hydrogen) atoms. The Bertz CT molecular complexity index is 978. The number of halogens is 3. The van der Waals surface area contributed by atoms with Crippen LogP contribution in [-0.4, -0.2) is 40.3 Å². The first kappa shape index (κ1) is 16.3. The molecule has 1 aromatic carbocycles. The third-order valence-electron chi connectivity index (χ3n) is 3.20. The molecule has 1 N–H and O–H groups in total. The molecule has 128 valence electrons. The van der Waals surface area contributed by atoms with Gasteiger partial charge in [-0.3, -0.25) is 0 Å². The zero-order valence-corrected chi connectivity index (χ0v) is 13.0. The molecular weight excluding hydrogens is 349 g/mol. The molecule has 0 bridgehead atoms.